The lowest BCUT2D eigenvalue weighted by molar-refractivity contribution is 0.0642. The Balaban J connectivity index is 1.52. The Morgan fingerprint density at radius 1 is 1.15 bits per heavy atom. The van der Waals surface area contributed by atoms with Crippen LogP contribution in [0.3, 0.4) is 0 Å². The Bertz CT molecular complexity index is 1180. The molecular weight excluding hydrogens is 470 g/mol. The van der Waals surface area contributed by atoms with Crippen molar-refractivity contribution in [2.75, 3.05) is 39.3 Å². The zero-order chi connectivity index (χ0) is 24.2. The lowest BCUT2D eigenvalue weighted by atomic mass is 10.1. The SMILES string of the molecule is CCOc1ccc(C(N)=O)cc1Cc1nc(-c2sc(C(=O)N3CCN(CC)CC3)nc2C)cs1. The van der Waals surface area contributed by atoms with Crippen LogP contribution in [0.5, 0.6) is 5.75 Å². The van der Waals surface area contributed by atoms with E-state index in [-0.39, 0.29) is 5.91 Å². The van der Waals surface area contributed by atoms with Crippen LogP contribution < -0.4 is 10.5 Å². The summed E-state index contributed by atoms with van der Waals surface area (Å²) < 4.78 is 5.73. The molecule has 1 saturated heterocycles. The summed E-state index contributed by atoms with van der Waals surface area (Å²) in [5.41, 5.74) is 8.39. The number of likely N-dealkylation sites (N-methyl/N-ethyl adjacent to an activating group) is 1. The molecule has 1 aromatic carbocycles. The molecule has 180 valence electrons. The fraction of sp³-hybridized carbons (Fsp3) is 0.417. The minimum atomic E-state index is -0.474. The fourth-order valence-corrected chi connectivity index (χ4v) is 5.83. The van der Waals surface area contributed by atoms with E-state index in [4.69, 9.17) is 15.5 Å². The summed E-state index contributed by atoms with van der Waals surface area (Å²) in [4.78, 5) is 39.2. The third kappa shape index (κ3) is 5.29. The van der Waals surface area contributed by atoms with Crippen LogP contribution in [0.25, 0.3) is 10.6 Å². The third-order valence-electron chi connectivity index (χ3n) is 5.86. The minimum Gasteiger partial charge on any atom is -0.494 e. The van der Waals surface area contributed by atoms with E-state index in [0.717, 1.165) is 59.6 Å². The second-order valence-electron chi connectivity index (χ2n) is 8.08. The molecule has 0 unspecified atom stereocenters. The molecule has 0 bridgehead atoms. The lowest BCUT2D eigenvalue weighted by Crippen LogP contribution is -2.48. The first-order valence-electron chi connectivity index (χ1n) is 11.4. The van der Waals surface area contributed by atoms with Crippen molar-refractivity contribution in [3.63, 3.8) is 0 Å². The number of aromatic nitrogens is 2. The van der Waals surface area contributed by atoms with Gasteiger partial charge in [0.05, 0.1) is 27.9 Å². The largest absolute Gasteiger partial charge is 0.494 e. The Hall–Kier alpha value is -2.82. The third-order valence-corrected chi connectivity index (χ3v) is 7.87. The molecule has 1 aliphatic rings. The van der Waals surface area contributed by atoms with Gasteiger partial charge < -0.3 is 20.3 Å². The van der Waals surface area contributed by atoms with Gasteiger partial charge in [0, 0.05) is 49.1 Å². The van der Waals surface area contributed by atoms with E-state index in [1.54, 1.807) is 18.2 Å². The first-order valence-corrected chi connectivity index (χ1v) is 13.1. The monoisotopic (exact) mass is 499 g/mol. The van der Waals surface area contributed by atoms with Crippen LogP contribution >= 0.6 is 22.7 Å². The van der Waals surface area contributed by atoms with Gasteiger partial charge in [-0.25, -0.2) is 9.97 Å². The Morgan fingerprint density at radius 2 is 1.91 bits per heavy atom. The number of nitrogens with two attached hydrogens (primary N) is 1. The second kappa shape index (κ2) is 10.6. The molecule has 1 aliphatic heterocycles. The molecule has 0 aliphatic carbocycles. The van der Waals surface area contributed by atoms with Crippen LogP contribution in [0, 0.1) is 6.92 Å². The van der Waals surface area contributed by atoms with E-state index in [0.29, 0.717) is 29.3 Å². The highest BCUT2D eigenvalue weighted by Gasteiger charge is 2.25. The number of ether oxygens (including phenoxy) is 1. The maximum atomic E-state index is 13.0. The number of amides is 2. The number of hydrogen-bond donors (Lipinski definition) is 1. The first-order chi connectivity index (χ1) is 16.4. The van der Waals surface area contributed by atoms with Gasteiger partial charge in [-0.05, 0) is 38.6 Å². The summed E-state index contributed by atoms with van der Waals surface area (Å²) in [6, 6.07) is 5.21. The highest BCUT2D eigenvalue weighted by molar-refractivity contribution is 7.17. The van der Waals surface area contributed by atoms with E-state index < -0.39 is 5.91 Å². The molecule has 2 amide bonds. The predicted octanol–water partition coefficient (Wildman–Crippen LogP) is 3.44. The van der Waals surface area contributed by atoms with Crippen LogP contribution in [-0.2, 0) is 6.42 Å². The summed E-state index contributed by atoms with van der Waals surface area (Å²) in [5, 5.41) is 3.39. The number of thiazole rings is 2. The first kappa shape index (κ1) is 24.3. The van der Waals surface area contributed by atoms with Gasteiger partial charge in [0.25, 0.3) is 5.91 Å². The zero-order valence-electron chi connectivity index (χ0n) is 19.7. The molecule has 0 saturated carbocycles. The summed E-state index contributed by atoms with van der Waals surface area (Å²) in [6.45, 7) is 10.8. The summed E-state index contributed by atoms with van der Waals surface area (Å²) in [5.74, 6) is 0.238. The second-order valence-corrected chi connectivity index (χ2v) is 10.0. The van der Waals surface area contributed by atoms with Crippen LogP contribution in [0.1, 0.15) is 50.3 Å². The molecule has 4 rings (SSSR count). The van der Waals surface area contributed by atoms with Crippen LogP contribution in [0.15, 0.2) is 23.6 Å². The lowest BCUT2D eigenvalue weighted by Gasteiger charge is -2.33. The average Bonchev–Trinajstić information content (AvgIpc) is 3.46. The summed E-state index contributed by atoms with van der Waals surface area (Å²) in [7, 11) is 0. The van der Waals surface area contributed by atoms with Crippen molar-refractivity contribution in [1.82, 2.24) is 19.8 Å². The van der Waals surface area contributed by atoms with Crippen molar-refractivity contribution >= 4 is 34.5 Å². The van der Waals surface area contributed by atoms with E-state index >= 15 is 0 Å². The van der Waals surface area contributed by atoms with Gasteiger partial charge in [0.2, 0.25) is 5.91 Å². The fourth-order valence-electron chi connectivity index (χ4n) is 3.95. The van der Waals surface area contributed by atoms with Gasteiger partial charge in [0.15, 0.2) is 5.01 Å². The molecule has 0 radical (unpaired) electrons. The van der Waals surface area contributed by atoms with E-state index in [2.05, 4.69) is 16.8 Å². The van der Waals surface area contributed by atoms with Gasteiger partial charge in [-0.2, -0.15) is 0 Å². The topological polar surface area (TPSA) is 102 Å². The van der Waals surface area contributed by atoms with E-state index in [9.17, 15) is 9.59 Å². The van der Waals surface area contributed by atoms with E-state index in [1.807, 2.05) is 24.1 Å². The van der Waals surface area contributed by atoms with Crippen molar-refractivity contribution < 1.29 is 14.3 Å². The molecule has 8 nitrogen and oxygen atoms in total. The molecule has 0 spiro atoms. The standard InChI is InChI=1S/C24H29N5O3S2/c1-4-28-8-10-29(11-9-28)24(31)23-26-15(3)21(34-23)18-14-33-20(27-18)13-17-12-16(22(25)30)6-7-19(17)32-5-2/h6-7,12,14H,4-5,8-11,13H2,1-3H3,(H2,25,30). The normalized spacial score (nSPS) is 14.4. The maximum absolute atomic E-state index is 13.0. The van der Waals surface area contributed by atoms with Crippen LogP contribution in [0.2, 0.25) is 0 Å². The smallest absolute Gasteiger partial charge is 0.282 e. The van der Waals surface area contributed by atoms with Gasteiger partial charge in [-0.15, -0.1) is 22.7 Å². The van der Waals surface area contributed by atoms with Gasteiger partial charge in [-0.3, -0.25) is 9.59 Å². The number of hydrogen-bond acceptors (Lipinski definition) is 8. The van der Waals surface area contributed by atoms with Crippen molar-refractivity contribution in [3.8, 4) is 16.3 Å². The van der Waals surface area contributed by atoms with Crippen molar-refractivity contribution in [3.05, 3.63) is 50.4 Å². The van der Waals surface area contributed by atoms with Gasteiger partial charge >= 0.3 is 0 Å². The Kier molecular flexibility index (Phi) is 7.60. The van der Waals surface area contributed by atoms with Crippen molar-refractivity contribution in [2.45, 2.75) is 27.2 Å². The zero-order valence-corrected chi connectivity index (χ0v) is 21.3. The Labute approximate surface area is 207 Å². The number of aryl methyl sites for hydroxylation is 1. The molecule has 10 heteroatoms. The minimum absolute atomic E-state index is 0.00446. The molecule has 3 aromatic rings. The summed E-state index contributed by atoms with van der Waals surface area (Å²) in [6.07, 6.45) is 0.520. The number of benzene rings is 1. The summed E-state index contributed by atoms with van der Waals surface area (Å²) >= 11 is 2.93. The number of piperazine rings is 1. The molecular formula is C24H29N5O3S2. The average molecular weight is 500 g/mol. The van der Waals surface area contributed by atoms with Crippen molar-refractivity contribution in [2.24, 2.45) is 5.73 Å². The molecule has 2 N–H and O–H groups in total. The highest BCUT2D eigenvalue weighted by atomic mass is 32.1. The van der Waals surface area contributed by atoms with Gasteiger partial charge in [0.1, 0.15) is 5.75 Å². The van der Waals surface area contributed by atoms with Crippen LogP contribution in [0.4, 0.5) is 0 Å². The molecule has 1 fully saturated rings. The van der Waals surface area contributed by atoms with Gasteiger partial charge in [-0.1, -0.05) is 6.92 Å². The van der Waals surface area contributed by atoms with Crippen molar-refractivity contribution in [1.29, 1.82) is 0 Å². The predicted molar refractivity (Wildman–Crippen MR) is 135 cm³/mol. The molecule has 2 aromatic heterocycles. The van der Waals surface area contributed by atoms with E-state index in [1.165, 1.54) is 22.7 Å². The number of primary amides is 1. The molecule has 3 heterocycles. The molecule has 34 heavy (non-hydrogen) atoms. The number of nitrogens with zero attached hydrogens (tertiary/aromatic N) is 4. The number of carbonyl (C=O) groups excluding carboxylic acids is 2. The van der Waals surface area contributed by atoms with Crippen LogP contribution in [-0.4, -0.2) is 70.9 Å². The highest BCUT2D eigenvalue weighted by Crippen LogP contribution is 2.33. The molecule has 0 atom stereocenters. The Morgan fingerprint density at radius 3 is 2.59 bits per heavy atom. The number of rotatable bonds is 8. The quantitative estimate of drug-likeness (QED) is 0.509. The number of carbonyl (C=O) groups is 2. The maximum Gasteiger partial charge on any atom is 0.282 e.